The third-order valence-corrected chi connectivity index (χ3v) is 4.28. The lowest BCUT2D eigenvalue weighted by atomic mass is 10.2. The normalized spacial score (nSPS) is 10.6. The Labute approximate surface area is 185 Å². The highest BCUT2D eigenvalue weighted by molar-refractivity contribution is 5.95. The third kappa shape index (κ3) is 6.15. The van der Waals surface area contributed by atoms with Crippen LogP contribution < -0.4 is 19.6 Å². The number of hydrogen-bond acceptors (Lipinski definition) is 7. The molecule has 0 fully saturated rings. The van der Waals surface area contributed by atoms with Crippen LogP contribution in [-0.4, -0.2) is 36.8 Å². The number of amides is 1. The Bertz CT molecular complexity index is 1080. The van der Waals surface area contributed by atoms with E-state index in [0.29, 0.717) is 34.8 Å². The molecule has 0 spiro atoms. The molecule has 3 rings (SSSR count). The van der Waals surface area contributed by atoms with Crippen LogP contribution in [0.1, 0.15) is 39.6 Å². The fourth-order valence-electron chi connectivity index (χ4n) is 2.65. The Morgan fingerprint density at radius 2 is 1.75 bits per heavy atom. The number of hydrogen-bond donors (Lipinski definition) is 1. The van der Waals surface area contributed by atoms with Gasteiger partial charge in [-0.15, -0.1) is 0 Å². The zero-order valence-electron chi connectivity index (χ0n) is 17.8. The summed E-state index contributed by atoms with van der Waals surface area (Å²) in [6.45, 7) is 2.64. The topological polar surface area (TPSA) is 99.1 Å². The number of esters is 1. The van der Waals surface area contributed by atoms with Crippen LogP contribution in [0.5, 0.6) is 17.2 Å². The summed E-state index contributed by atoms with van der Waals surface area (Å²) >= 11 is 0. The number of carbonyl (C=O) groups excluding carboxylic acids is 2. The van der Waals surface area contributed by atoms with E-state index in [-0.39, 0.29) is 11.7 Å². The number of benzene rings is 2. The van der Waals surface area contributed by atoms with E-state index in [2.05, 4.69) is 15.5 Å². The van der Waals surface area contributed by atoms with E-state index in [1.54, 1.807) is 54.6 Å². The number of aromatic nitrogens is 1. The SMILES string of the molecule is CCCOc1ccc(C(=O)Oc2ccc(/C=N\NC(=O)c3ccncc3)cc2OC)cc1. The lowest BCUT2D eigenvalue weighted by molar-refractivity contribution is 0.0729. The van der Waals surface area contributed by atoms with Crippen LogP contribution in [0.2, 0.25) is 0 Å². The number of pyridine rings is 1. The number of carbonyl (C=O) groups is 2. The van der Waals surface area contributed by atoms with E-state index < -0.39 is 5.97 Å². The Morgan fingerprint density at radius 3 is 2.44 bits per heavy atom. The van der Waals surface area contributed by atoms with Crippen LogP contribution in [0.25, 0.3) is 0 Å². The molecule has 3 aromatic rings. The van der Waals surface area contributed by atoms with Crippen molar-refractivity contribution in [3.63, 3.8) is 0 Å². The number of nitrogens with one attached hydrogen (secondary N) is 1. The van der Waals surface area contributed by atoms with Gasteiger partial charge in [0.1, 0.15) is 5.75 Å². The average Bonchev–Trinajstić information content (AvgIpc) is 2.84. The van der Waals surface area contributed by atoms with Gasteiger partial charge in [-0.25, -0.2) is 10.2 Å². The maximum atomic E-state index is 12.5. The summed E-state index contributed by atoms with van der Waals surface area (Å²) in [5.74, 6) is 0.441. The van der Waals surface area contributed by atoms with E-state index in [4.69, 9.17) is 14.2 Å². The molecule has 0 aliphatic carbocycles. The fourth-order valence-corrected chi connectivity index (χ4v) is 2.65. The Morgan fingerprint density at radius 1 is 1.00 bits per heavy atom. The van der Waals surface area contributed by atoms with E-state index in [1.165, 1.54) is 25.7 Å². The lowest BCUT2D eigenvalue weighted by Crippen LogP contribution is -2.17. The van der Waals surface area contributed by atoms with E-state index >= 15 is 0 Å². The van der Waals surface area contributed by atoms with Gasteiger partial charge >= 0.3 is 5.97 Å². The molecule has 8 heteroatoms. The van der Waals surface area contributed by atoms with Crippen LogP contribution in [0, 0.1) is 0 Å². The average molecular weight is 433 g/mol. The lowest BCUT2D eigenvalue weighted by Gasteiger charge is -2.10. The minimum absolute atomic E-state index is 0.266. The molecule has 0 atom stereocenters. The molecule has 32 heavy (non-hydrogen) atoms. The van der Waals surface area contributed by atoms with Crippen molar-refractivity contribution in [2.45, 2.75) is 13.3 Å². The molecule has 0 saturated carbocycles. The predicted octanol–water partition coefficient (Wildman–Crippen LogP) is 3.86. The van der Waals surface area contributed by atoms with Crippen molar-refractivity contribution >= 4 is 18.1 Å². The number of nitrogens with zero attached hydrogens (tertiary/aromatic N) is 2. The van der Waals surface area contributed by atoms with Crippen LogP contribution in [-0.2, 0) is 0 Å². The molecule has 1 heterocycles. The Kier molecular flexibility index (Phi) is 7.91. The highest BCUT2D eigenvalue weighted by atomic mass is 16.6. The highest BCUT2D eigenvalue weighted by Gasteiger charge is 2.13. The van der Waals surface area contributed by atoms with Crippen molar-refractivity contribution in [3.8, 4) is 17.2 Å². The minimum atomic E-state index is -0.517. The van der Waals surface area contributed by atoms with Crippen LogP contribution in [0.4, 0.5) is 0 Å². The smallest absolute Gasteiger partial charge is 0.343 e. The zero-order valence-corrected chi connectivity index (χ0v) is 17.8. The summed E-state index contributed by atoms with van der Waals surface area (Å²) in [5, 5.41) is 3.94. The van der Waals surface area contributed by atoms with Crippen molar-refractivity contribution in [2.75, 3.05) is 13.7 Å². The first-order valence-electron chi connectivity index (χ1n) is 9.97. The van der Waals surface area contributed by atoms with Gasteiger partial charge in [0.05, 0.1) is 25.5 Å². The van der Waals surface area contributed by atoms with Gasteiger partial charge in [-0.05, 0) is 66.6 Å². The molecule has 0 unspecified atom stereocenters. The molecule has 8 nitrogen and oxygen atoms in total. The first kappa shape index (κ1) is 22.5. The second-order valence-corrected chi connectivity index (χ2v) is 6.61. The highest BCUT2D eigenvalue weighted by Crippen LogP contribution is 2.28. The number of hydrazone groups is 1. The van der Waals surface area contributed by atoms with Crippen molar-refractivity contribution in [2.24, 2.45) is 5.10 Å². The molecule has 1 amide bonds. The van der Waals surface area contributed by atoms with Gasteiger partial charge < -0.3 is 14.2 Å². The maximum Gasteiger partial charge on any atom is 0.343 e. The Balaban J connectivity index is 1.63. The summed E-state index contributed by atoms with van der Waals surface area (Å²) in [4.78, 5) is 28.3. The fraction of sp³-hybridized carbons (Fsp3) is 0.167. The molecular weight excluding hydrogens is 410 g/mol. The van der Waals surface area contributed by atoms with Gasteiger partial charge in [0.25, 0.3) is 5.91 Å². The second-order valence-electron chi connectivity index (χ2n) is 6.61. The van der Waals surface area contributed by atoms with Crippen molar-refractivity contribution in [3.05, 3.63) is 83.7 Å². The maximum absolute atomic E-state index is 12.5. The molecule has 164 valence electrons. The molecule has 1 aromatic heterocycles. The Hall–Kier alpha value is -4.20. The van der Waals surface area contributed by atoms with Gasteiger partial charge in [-0.3, -0.25) is 9.78 Å². The number of ether oxygens (including phenoxy) is 3. The number of methoxy groups -OCH3 is 1. The van der Waals surface area contributed by atoms with E-state index in [0.717, 1.165) is 6.42 Å². The summed E-state index contributed by atoms with van der Waals surface area (Å²) in [6, 6.07) is 14.8. The van der Waals surface area contributed by atoms with Crippen LogP contribution in [0.15, 0.2) is 72.1 Å². The summed E-state index contributed by atoms with van der Waals surface area (Å²) in [7, 11) is 1.47. The molecule has 2 aromatic carbocycles. The molecular formula is C24H23N3O5. The standard InChI is InChI=1S/C24H23N3O5/c1-3-14-31-20-7-5-19(6-8-20)24(29)32-21-9-4-17(15-22(21)30-2)16-26-27-23(28)18-10-12-25-13-11-18/h4-13,15-16H,3,14H2,1-2H3,(H,27,28)/b26-16-. The minimum Gasteiger partial charge on any atom is -0.494 e. The zero-order chi connectivity index (χ0) is 22.8. The van der Waals surface area contributed by atoms with Gasteiger partial charge in [0.15, 0.2) is 11.5 Å². The summed E-state index contributed by atoms with van der Waals surface area (Å²) in [5.41, 5.74) is 3.92. The molecule has 0 saturated heterocycles. The summed E-state index contributed by atoms with van der Waals surface area (Å²) < 4.78 is 16.3. The molecule has 0 aliphatic rings. The third-order valence-electron chi connectivity index (χ3n) is 4.28. The first-order chi connectivity index (χ1) is 15.6. The van der Waals surface area contributed by atoms with Gasteiger partial charge in [0.2, 0.25) is 0 Å². The molecule has 1 N–H and O–H groups in total. The van der Waals surface area contributed by atoms with Gasteiger partial charge in [0, 0.05) is 18.0 Å². The van der Waals surface area contributed by atoms with Crippen molar-refractivity contribution < 1.29 is 23.8 Å². The van der Waals surface area contributed by atoms with Gasteiger partial charge in [-0.1, -0.05) is 6.92 Å². The number of rotatable bonds is 9. The second kappa shape index (κ2) is 11.3. The summed E-state index contributed by atoms with van der Waals surface area (Å²) in [6.07, 6.45) is 5.42. The monoisotopic (exact) mass is 433 g/mol. The molecule has 0 bridgehead atoms. The van der Waals surface area contributed by atoms with E-state index in [9.17, 15) is 9.59 Å². The van der Waals surface area contributed by atoms with Crippen LogP contribution >= 0.6 is 0 Å². The van der Waals surface area contributed by atoms with E-state index in [1.807, 2.05) is 6.92 Å². The van der Waals surface area contributed by atoms with Crippen LogP contribution in [0.3, 0.4) is 0 Å². The predicted molar refractivity (Wildman–Crippen MR) is 119 cm³/mol. The largest absolute Gasteiger partial charge is 0.494 e. The molecule has 0 aliphatic heterocycles. The first-order valence-corrected chi connectivity index (χ1v) is 9.97. The van der Waals surface area contributed by atoms with Gasteiger partial charge in [-0.2, -0.15) is 5.10 Å². The quantitative estimate of drug-likeness (QED) is 0.238. The van der Waals surface area contributed by atoms with Crippen molar-refractivity contribution in [1.82, 2.24) is 10.4 Å². The van der Waals surface area contributed by atoms with Crippen molar-refractivity contribution in [1.29, 1.82) is 0 Å². The molecule has 0 radical (unpaired) electrons.